The highest BCUT2D eigenvalue weighted by atomic mass is 16.7. The van der Waals surface area contributed by atoms with Gasteiger partial charge in [0.2, 0.25) is 0 Å². The van der Waals surface area contributed by atoms with E-state index in [0.717, 1.165) is 48.1 Å². The topological polar surface area (TPSA) is 142 Å². The molecule has 1 aromatic carbocycles. The summed E-state index contributed by atoms with van der Waals surface area (Å²) in [5.41, 5.74) is 5.01. The molecule has 1 atom stereocenters. The first-order valence-corrected chi connectivity index (χ1v) is 13.6. The molecule has 12 heteroatoms. The summed E-state index contributed by atoms with van der Waals surface area (Å²) in [6.45, 7) is 2.92. The largest absolute Gasteiger partial charge is 0.489 e. The molecular weight excluding hydrogens is 530 g/mol. The van der Waals surface area contributed by atoms with Crippen LogP contribution in [0.15, 0.2) is 36.5 Å². The van der Waals surface area contributed by atoms with Crippen LogP contribution in [0.3, 0.4) is 0 Å². The van der Waals surface area contributed by atoms with Gasteiger partial charge in [-0.15, -0.1) is 5.06 Å². The van der Waals surface area contributed by atoms with Crippen molar-refractivity contribution in [2.24, 2.45) is 0 Å². The molecule has 6 rings (SSSR count). The molecule has 0 aliphatic carbocycles. The van der Waals surface area contributed by atoms with Gasteiger partial charge in [0.05, 0.1) is 17.8 Å². The number of rotatable bonds is 9. The second-order valence-corrected chi connectivity index (χ2v) is 10.3. The van der Waals surface area contributed by atoms with E-state index in [1.807, 2.05) is 18.2 Å². The van der Waals surface area contributed by atoms with Gasteiger partial charge in [0.25, 0.3) is 17.7 Å². The van der Waals surface area contributed by atoms with Crippen LogP contribution in [0.4, 0.5) is 0 Å². The summed E-state index contributed by atoms with van der Waals surface area (Å²) in [4.78, 5) is 66.9. The molecule has 212 valence electrons. The zero-order valence-corrected chi connectivity index (χ0v) is 22.3. The second kappa shape index (κ2) is 11.2. The van der Waals surface area contributed by atoms with Crippen LogP contribution in [-0.4, -0.2) is 86.5 Å². The average Bonchev–Trinajstić information content (AvgIpc) is 3.61. The minimum Gasteiger partial charge on any atom is -0.489 e. The van der Waals surface area contributed by atoms with Gasteiger partial charge in [-0.05, 0) is 61.7 Å². The lowest BCUT2D eigenvalue weighted by Crippen LogP contribution is -2.54. The van der Waals surface area contributed by atoms with Gasteiger partial charge >= 0.3 is 6.47 Å². The van der Waals surface area contributed by atoms with E-state index in [9.17, 15) is 24.3 Å². The van der Waals surface area contributed by atoms with Crippen molar-refractivity contribution in [3.63, 3.8) is 0 Å². The Kier molecular flexibility index (Phi) is 7.33. The molecule has 3 amide bonds. The number of hydrogen-bond acceptors (Lipinski definition) is 10. The number of likely N-dealkylation sites (tertiary alicyclic amines) is 1. The van der Waals surface area contributed by atoms with Gasteiger partial charge in [-0.3, -0.25) is 29.1 Å². The average molecular weight is 560 g/mol. The number of amides is 3. The van der Waals surface area contributed by atoms with Gasteiger partial charge in [-0.2, -0.15) is 0 Å². The van der Waals surface area contributed by atoms with E-state index in [1.54, 1.807) is 18.3 Å². The van der Waals surface area contributed by atoms with E-state index in [1.165, 1.54) is 4.90 Å². The zero-order chi connectivity index (χ0) is 28.5. The maximum atomic E-state index is 13.3. The van der Waals surface area contributed by atoms with E-state index in [4.69, 9.17) is 9.72 Å². The van der Waals surface area contributed by atoms with E-state index in [2.05, 4.69) is 14.7 Å². The predicted octanol–water partition coefficient (Wildman–Crippen LogP) is 1.83. The molecule has 3 aliphatic heterocycles. The molecule has 2 aromatic heterocycles. The van der Waals surface area contributed by atoms with Crippen LogP contribution in [-0.2, 0) is 32.3 Å². The Balaban J connectivity index is 1.34. The van der Waals surface area contributed by atoms with E-state index in [0.29, 0.717) is 34.1 Å². The summed E-state index contributed by atoms with van der Waals surface area (Å²) in [7, 11) is 0. The quantitative estimate of drug-likeness (QED) is 0.305. The molecule has 41 heavy (non-hydrogen) atoms. The third-order valence-electron chi connectivity index (χ3n) is 7.78. The van der Waals surface area contributed by atoms with Crippen molar-refractivity contribution in [2.45, 2.75) is 44.8 Å². The summed E-state index contributed by atoms with van der Waals surface area (Å²) >= 11 is 0. The fourth-order valence-electron chi connectivity index (χ4n) is 5.83. The number of fused-ring (bicyclic) bond motifs is 2. The van der Waals surface area contributed by atoms with Gasteiger partial charge in [0.1, 0.15) is 23.9 Å². The Morgan fingerprint density at radius 3 is 2.68 bits per heavy atom. The molecule has 0 bridgehead atoms. The molecule has 12 nitrogen and oxygen atoms in total. The van der Waals surface area contributed by atoms with Crippen molar-refractivity contribution in [2.75, 3.05) is 26.3 Å². The van der Waals surface area contributed by atoms with Crippen LogP contribution < -0.4 is 4.74 Å². The van der Waals surface area contributed by atoms with Crippen molar-refractivity contribution in [3.05, 3.63) is 53.2 Å². The number of piperidine rings is 1. The fourth-order valence-corrected chi connectivity index (χ4v) is 5.83. The maximum Gasteiger partial charge on any atom is 0.321 e. The number of hydrogen-bond donors (Lipinski definition) is 1. The van der Waals surface area contributed by atoms with Crippen LogP contribution in [0.5, 0.6) is 5.75 Å². The van der Waals surface area contributed by atoms with Crippen molar-refractivity contribution in [1.82, 2.24) is 24.8 Å². The summed E-state index contributed by atoms with van der Waals surface area (Å²) < 4.78 is 5.79. The standard InChI is InChI=1S/C29H29N5O7/c35-11-12-40-24-7-8-30-26-20(15-32-9-1-2-10-32)14-22(31-27(24)26)18-3-4-21-19(13-18)16-33(28(21)38)23-5-6-25(37)34(29(23)39)41-17-36/h3-4,7-8,13-14,17,23,35H,1-2,5-6,9-12,15-16H2. The van der Waals surface area contributed by atoms with Crippen molar-refractivity contribution < 1.29 is 33.9 Å². The van der Waals surface area contributed by atoms with E-state index in [-0.39, 0.29) is 45.0 Å². The molecule has 1 unspecified atom stereocenters. The molecule has 3 aromatic rings. The molecule has 2 saturated heterocycles. The lowest BCUT2D eigenvalue weighted by Gasteiger charge is -2.33. The number of aliphatic hydroxyl groups is 1. The SMILES string of the molecule is O=CON1C(=O)CCC(N2Cc3cc(-c4cc(CN5CCCC5)c5nccc(OCCO)c5n4)ccc3C2=O)C1=O. The lowest BCUT2D eigenvalue weighted by atomic mass is 10.0. The molecule has 3 aliphatic rings. The highest BCUT2D eigenvalue weighted by Crippen LogP contribution is 2.34. The van der Waals surface area contributed by atoms with Crippen LogP contribution in [0.25, 0.3) is 22.3 Å². The van der Waals surface area contributed by atoms with Crippen molar-refractivity contribution >= 4 is 35.2 Å². The molecule has 0 radical (unpaired) electrons. The number of carbonyl (C=O) groups excluding carboxylic acids is 4. The van der Waals surface area contributed by atoms with Crippen LogP contribution in [0.1, 0.15) is 47.2 Å². The number of ether oxygens (including phenoxy) is 1. The number of pyridine rings is 2. The minimum absolute atomic E-state index is 0.0227. The second-order valence-electron chi connectivity index (χ2n) is 10.3. The molecule has 0 saturated carbocycles. The first kappa shape index (κ1) is 26.8. The van der Waals surface area contributed by atoms with Crippen molar-refractivity contribution in [1.29, 1.82) is 0 Å². The highest BCUT2D eigenvalue weighted by molar-refractivity contribution is 6.05. The normalized spacial score (nSPS) is 19.2. The van der Waals surface area contributed by atoms with E-state index >= 15 is 0 Å². The van der Waals surface area contributed by atoms with Gasteiger partial charge in [0, 0.05) is 42.9 Å². The summed E-state index contributed by atoms with van der Waals surface area (Å²) in [6, 6.07) is 8.28. The summed E-state index contributed by atoms with van der Waals surface area (Å²) in [6.07, 6.45) is 4.12. The fraction of sp³-hybridized carbons (Fsp3) is 0.379. The van der Waals surface area contributed by atoms with Crippen LogP contribution in [0.2, 0.25) is 0 Å². The van der Waals surface area contributed by atoms with Gasteiger partial charge in [-0.1, -0.05) is 6.07 Å². The number of imide groups is 1. The first-order valence-electron chi connectivity index (χ1n) is 13.6. The number of aromatic nitrogens is 2. The Bertz CT molecular complexity index is 1540. The molecular formula is C29H29N5O7. The summed E-state index contributed by atoms with van der Waals surface area (Å²) in [5.74, 6) is -1.15. The van der Waals surface area contributed by atoms with E-state index < -0.39 is 17.9 Å². The highest BCUT2D eigenvalue weighted by Gasteiger charge is 2.44. The Morgan fingerprint density at radius 2 is 1.90 bits per heavy atom. The Labute approximate surface area is 235 Å². The molecule has 0 spiro atoms. The van der Waals surface area contributed by atoms with Crippen LogP contribution >= 0.6 is 0 Å². The molecule has 2 fully saturated rings. The summed E-state index contributed by atoms with van der Waals surface area (Å²) in [5, 5.41) is 9.75. The first-order chi connectivity index (χ1) is 20.0. The number of carbonyl (C=O) groups is 4. The van der Waals surface area contributed by atoms with Crippen molar-refractivity contribution in [3.8, 4) is 17.0 Å². The third kappa shape index (κ3) is 5.00. The Hall–Kier alpha value is -4.42. The number of nitrogens with zero attached hydrogens (tertiary/aromatic N) is 5. The third-order valence-corrected chi connectivity index (χ3v) is 7.78. The Morgan fingerprint density at radius 1 is 1.07 bits per heavy atom. The maximum absolute atomic E-state index is 13.3. The van der Waals surface area contributed by atoms with Gasteiger partial charge in [0.15, 0.2) is 0 Å². The smallest absolute Gasteiger partial charge is 0.321 e. The predicted molar refractivity (Wildman–Crippen MR) is 144 cm³/mol. The van der Waals surface area contributed by atoms with Gasteiger partial charge < -0.3 is 19.6 Å². The lowest BCUT2D eigenvalue weighted by molar-refractivity contribution is -0.200. The molecule has 5 heterocycles. The number of aliphatic hydroxyl groups excluding tert-OH is 1. The van der Waals surface area contributed by atoms with Crippen LogP contribution in [0, 0.1) is 0 Å². The number of benzene rings is 1. The van der Waals surface area contributed by atoms with Gasteiger partial charge in [-0.25, -0.2) is 4.98 Å². The number of hydroxylamine groups is 2. The zero-order valence-electron chi connectivity index (χ0n) is 22.3. The molecule has 1 N–H and O–H groups in total. The minimum atomic E-state index is -0.917. The monoisotopic (exact) mass is 559 g/mol.